The highest BCUT2D eigenvalue weighted by atomic mass is 16.6. The van der Waals surface area contributed by atoms with Crippen molar-refractivity contribution in [2.75, 3.05) is 25.1 Å². The molecular formula is C20H20N4O2. The lowest BCUT2D eigenvalue weighted by atomic mass is 10.0. The van der Waals surface area contributed by atoms with Crippen LogP contribution in [-0.4, -0.2) is 34.5 Å². The van der Waals surface area contributed by atoms with Crippen molar-refractivity contribution >= 4 is 5.82 Å². The van der Waals surface area contributed by atoms with Gasteiger partial charge in [-0.3, -0.25) is 4.98 Å². The smallest absolute Gasteiger partial charge is 0.163 e. The number of ether oxygens (including phenoxy) is 2. The van der Waals surface area contributed by atoms with E-state index in [1.807, 2.05) is 47.4 Å². The van der Waals surface area contributed by atoms with Gasteiger partial charge in [-0.1, -0.05) is 0 Å². The molecule has 0 amide bonds. The maximum Gasteiger partial charge on any atom is 0.163 e. The third kappa shape index (κ3) is 2.58. The summed E-state index contributed by atoms with van der Waals surface area (Å²) in [5, 5.41) is 8.53. The summed E-state index contributed by atoms with van der Waals surface area (Å²) in [5.41, 5.74) is 4.35. The van der Waals surface area contributed by atoms with E-state index >= 15 is 0 Å². The van der Waals surface area contributed by atoms with Gasteiger partial charge in [-0.2, -0.15) is 5.10 Å². The molecule has 0 atom stereocenters. The second-order valence-corrected chi connectivity index (χ2v) is 6.54. The predicted molar refractivity (Wildman–Crippen MR) is 99.2 cm³/mol. The first kappa shape index (κ1) is 15.3. The Hall–Kier alpha value is -3.02. The van der Waals surface area contributed by atoms with E-state index in [0.29, 0.717) is 13.2 Å². The van der Waals surface area contributed by atoms with Crippen LogP contribution in [0.1, 0.15) is 18.4 Å². The van der Waals surface area contributed by atoms with Gasteiger partial charge in [0.1, 0.15) is 19.0 Å². The summed E-state index contributed by atoms with van der Waals surface area (Å²) < 4.78 is 13.4. The van der Waals surface area contributed by atoms with Crippen molar-refractivity contribution in [2.45, 2.75) is 19.3 Å². The van der Waals surface area contributed by atoms with Gasteiger partial charge in [0.05, 0.1) is 11.4 Å². The average molecular weight is 348 g/mol. The average Bonchev–Trinajstić information content (AvgIpc) is 2.89. The summed E-state index contributed by atoms with van der Waals surface area (Å²) >= 11 is 0. The van der Waals surface area contributed by atoms with E-state index in [1.165, 1.54) is 5.56 Å². The number of pyridine rings is 1. The standard InChI is InChI=1S/C20H20N4O2/c1-2-8-22-20-16(3-1)19(14-6-9-21-10-7-14)23-24(20)15-4-5-17-18(13-15)26-12-11-25-17/h4-7,9-10,13,22H,1-3,8,11-12H2. The van der Waals surface area contributed by atoms with Crippen molar-refractivity contribution in [3.63, 3.8) is 0 Å². The molecule has 0 saturated heterocycles. The van der Waals surface area contributed by atoms with Crippen LogP contribution < -0.4 is 14.8 Å². The molecule has 0 aliphatic carbocycles. The molecule has 0 radical (unpaired) electrons. The zero-order valence-corrected chi connectivity index (χ0v) is 14.4. The van der Waals surface area contributed by atoms with Gasteiger partial charge in [0.15, 0.2) is 11.5 Å². The van der Waals surface area contributed by atoms with Gasteiger partial charge in [-0.25, -0.2) is 4.68 Å². The highest BCUT2D eigenvalue weighted by Gasteiger charge is 2.22. The van der Waals surface area contributed by atoms with Crippen LogP contribution in [0.15, 0.2) is 42.7 Å². The van der Waals surface area contributed by atoms with Gasteiger partial charge >= 0.3 is 0 Å². The minimum absolute atomic E-state index is 0.578. The molecule has 2 aromatic heterocycles. The van der Waals surface area contributed by atoms with Crippen LogP contribution in [-0.2, 0) is 6.42 Å². The molecule has 0 fully saturated rings. The molecule has 0 bridgehead atoms. The molecule has 3 aromatic rings. The van der Waals surface area contributed by atoms with Crippen LogP contribution in [0, 0.1) is 0 Å². The number of fused-ring (bicyclic) bond motifs is 2. The first-order chi connectivity index (χ1) is 12.9. The second kappa shape index (κ2) is 6.37. The Labute approximate surface area is 151 Å². The Morgan fingerprint density at radius 1 is 0.962 bits per heavy atom. The zero-order chi connectivity index (χ0) is 17.3. The minimum atomic E-state index is 0.578. The van der Waals surface area contributed by atoms with E-state index in [1.54, 1.807) is 0 Å². The molecular weight excluding hydrogens is 328 g/mol. The van der Waals surface area contributed by atoms with Gasteiger partial charge < -0.3 is 14.8 Å². The molecule has 6 heteroatoms. The highest BCUT2D eigenvalue weighted by Crippen LogP contribution is 2.37. The Morgan fingerprint density at radius 2 is 1.81 bits per heavy atom. The number of benzene rings is 1. The molecule has 2 aliphatic heterocycles. The van der Waals surface area contributed by atoms with E-state index in [9.17, 15) is 0 Å². The van der Waals surface area contributed by atoms with Crippen molar-refractivity contribution in [3.8, 4) is 28.4 Å². The van der Waals surface area contributed by atoms with Crippen molar-refractivity contribution in [1.82, 2.24) is 14.8 Å². The minimum Gasteiger partial charge on any atom is -0.486 e. The lowest BCUT2D eigenvalue weighted by molar-refractivity contribution is 0.171. The number of rotatable bonds is 2. The molecule has 4 heterocycles. The van der Waals surface area contributed by atoms with Crippen molar-refractivity contribution in [3.05, 3.63) is 48.3 Å². The fourth-order valence-corrected chi connectivity index (χ4v) is 3.59. The van der Waals surface area contributed by atoms with Gasteiger partial charge in [-0.05, 0) is 43.5 Å². The maximum atomic E-state index is 5.75. The Kier molecular flexibility index (Phi) is 3.74. The third-order valence-electron chi connectivity index (χ3n) is 4.85. The quantitative estimate of drug-likeness (QED) is 0.768. The van der Waals surface area contributed by atoms with E-state index in [-0.39, 0.29) is 0 Å². The summed E-state index contributed by atoms with van der Waals surface area (Å²) in [4.78, 5) is 4.13. The fraction of sp³-hybridized carbons (Fsp3) is 0.300. The number of hydrogen-bond donors (Lipinski definition) is 1. The van der Waals surface area contributed by atoms with E-state index in [4.69, 9.17) is 14.6 Å². The number of aromatic nitrogens is 3. The van der Waals surface area contributed by atoms with Crippen LogP contribution in [0.25, 0.3) is 16.9 Å². The summed E-state index contributed by atoms with van der Waals surface area (Å²) in [5.74, 6) is 2.64. The first-order valence-electron chi connectivity index (χ1n) is 9.06. The van der Waals surface area contributed by atoms with Gasteiger partial charge in [0.2, 0.25) is 0 Å². The first-order valence-corrected chi connectivity index (χ1v) is 9.06. The Balaban J connectivity index is 1.66. The van der Waals surface area contributed by atoms with Crippen LogP contribution in [0.5, 0.6) is 11.5 Å². The van der Waals surface area contributed by atoms with Gasteiger partial charge in [0.25, 0.3) is 0 Å². The molecule has 2 aliphatic rings. The lowest BCUT2D eigenvalue weighted by Gasteiger charge is -2.19. The largest absolute Gasteiger partial charge is 0.486 e. The van der Waals surface area contributed by atoms with E-state index in [0.717, 1.165) is 60.1 Å². The zero-order valence-electron chi connectivity index (χ0n) is 14.4. The van der Waals surface area contributed by atoms with Crippen LogP contribution in [0.2, 0.25) is 0 Å². The molecule has 0 spiro atoms. The molecule has 1 aromatic carbocycles. The number of nitrogens with zero attached hydrogens (tertiary/aromatic N) is 3. The summed E-state index contributed by atoms with van der Waals surface area (Å²) in [6, 6.07) is 10.0. The SMILES string of the molecule is c1cc(-c2nn(-c3ccc4c(c3)OCCO4)c3c2CCCCN3)ccn1. The molecule has 26 heavy (non-hydrogen) atoms. The summed E-state index contributed by atoms with van der Waals surface area (Å²) in [7, 11) is 0. The Morgan fingerprint density at radius 3 is 2.69 bits per heavy atom. The number of hydrogen-bond acceptors (Lipinski definition) is 5. The van der Waals surface area contributed by atoms with E-state index in [2.05, 4.69) is 10.3 Å². The van der Waals surface area contributed by atoms with Crippen molar-refractivity contribution in [2.24, 2.45) is 0 Å². The molecule has 0 unspecified atom stereocenters. The number of anilines is 1. The summed E-state index contributed by atoms with van der Waals surface area (Å²) in [6.07, 6.45) is 6.96. The Bertz CT molecular complexity index is 936. The van der Waals surface area contributed by atoms with Gasteiger partial charge in [0, 0.05) is 36.1 Å². The normalized spacial score (nSPS) is 15.7. The molecule has 1 N–H and O–H groups in total. The predicted octanol–water partition coefficient (Wildman–Crippen LogP) is 3.45. The van der Waals surface area contributed by atoms with Crippen molar-refractivity contribution in [1.29, 1.82) is 0 Å². The van der Waals surface area contributed by atoms with E-state index < -0.39 is 0 Å². The van der Waals surface area contributed by atoms with Crippen LogP contribution >= 0.6 is 0 Å². The molecule has 132 valence electrons. The maximum absolute atomic E-state index is 5.75. The third-order valence-corrected chi connectivity index (χ3v) is 4.85. The van der Waals surface area contributed by atoms with Crippen LogP contribution in [0.3, 0.4) is 0 Å². The summed E-state index contributed by atoms with van der Waals surface area (Å²) in [6.45, 7) is 2.13. The molecule has 0 saturated carbocycles. The number of nitrogens with one attached hydrogen (secondary N) is 1. The van der Waals surface area contributed by atoms with Crippen molar-refractivity contribution < 1.29 is 9.47 Å². The molecule has 5 rings (SSSR count). The topological polar surface area (TPSA) is 61.2 Å². The fourth-order valence-electron chi connectivity index (χ4n) is 3.59. The molecule has 6 nitrogen and oxygen atoms in total. The van der Waals surface area contributed by atoms with Gasteiger partial charge in [-0.15, -0.1) is 0 Å². The lowest BCUT2D eigenvalue weighted by Crippen LogP contribution is -2.15. The van der Waals surface area contributed by atoms with Crippen LogP contribution in [0.4, 0.5) is 5.82 Å². The second-order valence-electron chi connectivity index (χ2n) is 6.54. The monoisotopic (exact) mass is 348 g/mol. The highest BCUT2D eigenvalue weighted by molar-refractivity contribution is 5.71.